The van der Waals surface area contributed by atoms with Crippen molar-refractivity contribution in [3.63, 3.8) is 0 Å². The fraction of sp³-hybridized carbons (Fsp3) is 0.943. The normalized spacial score (nSPS) is 15.1. The Morgan fingerprint density at radius 1 is 0.315 bits per heavy atom. The molecule has 0 spiro atoms. The summed E-state index contributed by atoms with van der Waals surface area (Å²) in [5.74, 6) is 0.254. The first-order valence-corrected chi connectivity index (χ1v) is 39.5. The van der Waals surface area contributed by atoms with Crippen LogP contribution < -0.4 is 0 Å². The largest absolute Gasteiger partial charge is 0.472 e. The van der Waals surface area contributed by atoms with Crippen LogP contribution >= 0.6 is 15.6 Å². The molecule has 0 amide bonds. The minimum atomic E-state index is -4.95. The Morgan fingerprint density at radius 3 is 0.798 bits per heavy atom. The summed E-state index contributed by atoms with van der Waals surface area (Å²) in [6.45, 7) is 11.9. The second kappa shape index (κ2) is 61.0. The second-order valence-electron chi connectivity index (χ2n) is 26.0. The molecule has 0 rings (SSSR count). The van der Waals surface area contributed by atoms with Crippen LogP contribution in [0, 0.1) is 17.8 Å². The molecule has 0 radical (unpaired) electrons. The highest BCUT2D eigenvalue weighted by atomic mass is 31.2. The molecule has 89 heavy (non-hydrogen) atoms. The average Bonchev–Trinajstić information content (AvgIpc) is 3.71. The van der Waals surface area contributed by atoms with E-state index in [0.29, 0.717) is 25.7 Å². The van der Waals surface area contributed by atoms with Crippen LogP contribution in [0.1, 0.15) is 350 Å². The van der Waals surface area contributed by atoms with E-state index in [0.717, 1.165) is 108 Å². The maximum atomic E-state index is 13.0. The maximum absolute atomic E-state index is 13.0. The number of aliphatic hydroxyl groups excluding tert-OH is 1. The predicted octanol–water partition coefficient (Wildman–Crippen LogP) is 19.8. The van der Waals surface area contributed by atoms with Gasteiger partial charge in [0.05, 0.1) is 26.4 Å². The molecule has 0 aromatic heterocycles. The van der Waals surface area contributed by atoms with Gasteiger partial charge in [0, 0.05) is 25.7 Å². The molecular weight excluding hydrogens is 1170 g/mol. The molecule has 0 bridgehead atoms. The van der Waals surface area contributed by atoms with Gasteiger partial charge in [-0.05, 0) is 43.4 Å². The Labute approximate surface area is 543 Å². The van der Waals surface area contributed by atoms with Crippen LogP contribution in [0.25, 0.3) is 0 Å². The summed E-state index contributed by atoms with van der Waals surface area (Å²) >= 11 is 0. The standard InChI is InChI=1S/C70H136O17P2/c1-8-12-13-14-15-20-30-37-44-51-67(72)80-57-66(87-70(75)54-47-40-33-26-25-29-36-43-50-63(7)11-4)60-85-89(78,79)83-56-64(71)55-82-88(76,77)84-59-65(86-69(74)53-46-39-32-24-19-17-22-28-35-42-49-62(6)10-3)58-81-68(73)52-45-38-31-23-18-16-21-27-34-41-48-61(5)9-2/h61-66,71H,8-60H2,1-7H3,(H,76,77)(H,78,79)/t61?,62?,63?,64-,65-,66-/m1/s1. The minimum absolute atomic E-state index is 0.105. The monoisotopic (exact) mass is 1310 g/mol. The van der Waals surface area contributed by atoms with Gasteiger partial charge in [0.15, 0.2) is 12.2 Å². The Kier molecular flexibility index (Phi) is 59.6. The SMILES string of the molecule is CCCCCCCCCCCC(=O)OC[C@H](COP(=O)(O)OC[C@H](O)COP(=O)(O)OC[C@@H](COC(=O)CCCCCCCCCCCCC(C)CC)OC(=O)CCCCCCCCCCCCC(C)CC)OC(=O)CCCCCCCCCCC(C)CC. The number of aliphatic hydroxyl groups is 1. The van der Waals surface area contributed by atoms with Gasteiger partial charge in [-0.3, -0.25) is 37.3 Å². The van der Waals surface area contributed by atoms with Gasteiger partial charge in [-0.2, -0.15) is 0 Å². The third-order valence-corrected chi connectivity index (χ3v) is 19.1. The molecular formula is C70H136O17P2. The number of esters is 4. The Bertz CT molecular complexity index is 1760. The first-order chi connectivity index (χ1) is 42.8. The third-order valence-electron chi connectivity index (χ3n) is 17.2. The average molecular weight is 1310 g/mol. The quantitative estimate of drug-likeness (QED) is 0.0222. The van der Waals surface area contributed by atoms with Gasteiger partial charge in [-0.1, -0.05) is 299 Å². The van der Waals surface area contributed by atoms with Gasteiger partial charge in [-0.15, -0.1) is 0 Å². The number of hydrogen-bond acceptors (Lipinski definition) is 15. The van der Waals surface area contributed by atoms with Crippen LogP contribution in [0.15, 0.2) is 0 Å². The van der Waals surface area contributed by atoms with Crippen molar-refractivity contribution in [1.29, 1.82) is 0 Å². The summed E-state index contributed by atoms with van der Waals surface area (Å²) in [5, 5.41) is 10.6. The lowest BCUT2D eigenvalue weighted by atomic mass is 9.99. The van der Waals surface area contributed by atoms with Crippen LogP contribution in [0.2, 0.25) is 0 Å². The molecule has 5 unspecified atom stereocenters. The van der Waals surface area contributed by atoms with Crippen molar-refractivity contribution in [2.75, 3.05) is 39.6 Å². The number of unbranched alkanes of at least 4 members (excludes halogenated alkanes) is 33. The van der Waals surface area contributed by atoms with E-state index in [1.807, 2.05) is 0 Å². The third kappa shape index (κ3) is 60.7. The number of carbonyl (C=O) groups excluding carboxylic acids is 4. The number of hydrogen-bond donors (Lipinski definition) is 3. The first-order valence-electron chi connectivity index (χ1n) is 36.5. The fourth-order valence-corrected chi connectivity index (χ4v) is 12.0. The zero-order chi connectivity index (χ0) is 65.9. The number of rotatable bonds is 68. The van der Waals surface area contributed by atoms with Gasteiger partial charge in [0.1, 0.15) is 19.3 Å². The molecule has 0 aliphatic carbocycles. The predicted molar refractivity (Wildman–Crippen MR) is 358 cm³/mol. The summed E-state index contributed by atoms with van der Waals surface area (Å²) in [4.78, 5) is 72.5. The van der Waals surface area contributed by atoms with E-state index in [1.54, 1.807) is 0 Å². The minimum Gasteiger partial charge on any atom is -0.462 e. The number of ether oxygens (including phenoxy) is 4. The molecule has 0 heterocycles. The lowest BCUT2D eigenvalue weighted by molar-refractivity contribution is -0.161. The highest BCUT2D eigenvalue weighted by Crippen LogP contribution is 2.45. The van der Waals surface area contributed by atoms with E-state index in [2.05, 4.69) is 48.5 Å². The highest BCUT2D eigenvalue weighted by Gasteiger charge is 2.30. The molecule has 0 aromatic rings. The zero-order valence-corrected chi connectivity index (χ0v) is 59.7. The maximum Gasteiger partial charge on any atom is 0.472 e. The van der Waals surface area contributed by atoms with Gasteiger partial charge in [0.2, 0.25) is 0 Å². The molecule has 0 saturated heterocycles. The van der Waals surface area contributed by atoms with E-state index in [1.165, 1.54) is 161 Å². The number of phosphoric ester groups is 2. The van der Waals surface area contributed by atoms with Crippen LogP contribution in [-0.2, 0) is 65.4 Å². The smallest absolute Gasteiger partial charge is 0.462 e. The Morgan fingerprint density at radius 2 is 0.539 bits per heavy atom. The highest BCUT2D eigenvalue weighted by molar-refractivity contribution is 7.47. The molecule has 0 fully saturated rings. The second-order valence-corrected chi connectivity index (χ2v) is 28.9. The lowest BCUT2D eigenvalue weighted by Crippen LogP contribution is -2.30. The molecule has 0 aliphatic heterocycles. The molecule has 3 N–H and O–H groups in total. The number of phosphoric acid groups is 2. The summed E-state index contributed by atoms with van der Waals surface area (Å²) in [6.07, 6.45) is 44.2. The molecule has 0 aromatic carbocycles. The van der Waals surface area contributed by atoms with Crippen molar-refractivity contribution in [2.24, 2.45) is 17.8 Å². The molecule has 17 nitrogen and oxygen atoms in total. The van der Waals surface area contributed by atoms with Crippen molar-refractivity contribution in [2.45, 2.75) is 369 Å². The Balaban J connectivity index is 5.26. The fourth-order valence-electron chi connectivity index (χ4n) is 10.4. The van der Waals surface area contributed by atoms with E-state index in [9.17, 15) is 43.2 Å². The zero-order valence-electron chi connectivity index (χ0n) is 57.9. The molecule has 0 saturated carbocycles. The summed E-state index contributed by atoms with van der Waals surface area (Å²) in [6, 6.07) is 0. The molecule has 19 heteroatoms. The van der Waals surface area contributed by atoms with Crippen molar-refractivity contribution >= 4 is 39.5 Å². The molecule has 8 atom stereocenters. The van der Waals surface area contributed by atoms with E-state index >= 15 is 0 Å². The van der Waals surface area contributed by atoms with Crippen molar-refractivity contribution in [3.05, 3.63) is 0 Å². The summed E-state index contributed by atoms with van der Waals surface area (Å²) in [7, 11) is -9.90. The van der Waals surface area contributed by atoms with Crippen LogP contribution in [0.5, 0.6) is 0 Å². The van der Waals surface area contributed by atoms with Gasteiger partial charge in [0.25, 0.3) is 0 Å². The summed E-state index contributed by atoms with van der Waals surface area (Å²) in [5.41, 5.74) is 0. The Hall–Kier alpha value is -1.94. The van der Waals surface area contributed by atoms with Crippen LogP contribution in [0.3, 0.4) is 0 Å². The lowest BCUT2D eigenvalue weighted by Gasteiger charge is -2.21. The number of carbonyl (C=O) groups is 4. The van der Waals surface area contributed by atoms with Gasteiger partial charge < -0.3 is 33.8 Å². The molecule has 528 valence electrons. The van der Waals surface area contributed by atoms with E-state index < -0.39 is 97.5 Å². The van der Waals surface area contributed by atoms with E-state index in [-0.39, 0.29) is 25.7 Å². The van der Waals surface area contributed by atoms with Crippen molar-refractivity contribution < 1.29 is 80.2 Å². The first kappa shape index (κ1) is 87.1. The van der Waals surface area contributed by atoms with Crippen LogP contribution in [-0.4, -0.2) is 96.7 Å². The van der Waals surface area contributed by atoms with Gasteiger partial charge >= 0.3 is 39.5 Å². The van der Waals surface area contributed by atoms with Crippen molar-refractivity contribution in [1.82, 2.24) is 0 Å². The van der Waals surface area contributed by atoms with E-state index in [4.69, 9.17) is 37.0 Å². The topological polar surface area (TPSA) is 237 Å². The molecule has 0 aliphatic rings. The van der Waals surface area contributed by atoms with Gasteiger partial charge in [-0.25, -0.2) is 9.13 Å². The van der Waals surface area contributed by atoms with Crippen LogP contribution in [0.4, 0.5) is 0 Å². The van der Waals surface area contributed by atoms with Crippen molar-refractivity contribution in [3.8, 4) is 0 Å². The summed E-state index contributed by atoms with van der Waals surface area (Å²) < 4.78 is 68.3.